The zero-order valence-electron chi connectivity index (χ0n) is 10.0. The molecule has 1 aromatic rings. The summed E-state index contributed by atoms with van der Waals surface area (Å²) in [6, 6.07) is 6.38. The molecule has 3 nitrogen and oxygen atoms in total. The molecule has 0 amide bonds. The Morgan fingerprint density at radius 1 is 1.31 bits per heavy atom. The van der Waals surface area contributed by atoms with Crippen LogP contribution < -0.4 is 9.64 Å². The number of anilines is 1. The van der Waals surface area contributed by atoms with Gasteiger partial charge >= 0.3 is 0 Å². The van der Waals surface area contributed by atoms with Crippen LogP contribution in [0.1, 0.15) is 12.5 Å². The van der Waals surface area contributed by atoms with Crippen LogP contribution in [0.4, 0.5) is 5.69 Å². The zero-order valence-corrected chi connectivity index (χ0v) is 10.0. The van der Waals surface area contributed by atoms with Gasteiger partial charge in [-0.05, 0) is 31.5 Å². The average molecular weight is 221 g/mol. The first-order valence-electron chi connectivity index (χ1n) is 5.87. The molecule has 3 heteroatoms. The van der Waals surface area contributed by atoms with Gasteiger partial charge in [-0.1, -0.05) is 6.07 Å². The van der Waals surface area contributed by atoms with E-state index in [2.05, 4.69) is 30.0 Å². The number of hydrogen-bond donors (Lipinski definition) is 0. The molecular weight excluding hydrogens is 202 g/mol. The second-order valence-electron chi connectivity index (χ2n) is 4.00. The van der Waals surface area contributed by atoms with E-state index in [1.165, 1.54) is 11.3 Å². The summed E-state index contributed by atoms with van der Waals surface area (Å²) in [5.41, 5.74) is 2.43. The number of benzene rings is 1. The molecule has 0 aromatic heterocycles. The molecule has 1 aliphatic heterocycles. The Balaban J connectivity index is 2.23. The largest absolute Gasteiger partial charge is 0.492 e. The molecule has 0 unspecified atom stereocenters. The summed E-state index contributed by atoms with van der Waals surface area (Å²) in [6.07, 6.45) is 0. The van der Waals surface area contributed by atoms with Crippen LogP contribution in [0, 0.1) is 6.92 Å². The van der Waals surface area contributed by atoms with Crippen molar-refractivity contribution in [3.63, 3.8) is 0 Å². The van der Waals surface area contributed by atoms with Gasteiger partial charge in [-0.25, -0.2) is 0 Å². The van der Waals surface area contributed by atoms with E-state index in [-0.39, 0.29) is 0 Å². The predicted octanol–water partition coefficient (Wildman–Crippen LogP) is 2.23. The maximum absolute atomic E-state index is 5.69. The minimum Gasteiger partial charge on any atom is -0.492 e. The van der Waals surface area contributed by atoms with Crippen molar-refractivity contribution in [2.24, 2.45) is 0 Å². The molecule has 1 fully saturated rings. The van der Waals surface area contributed by atoms with E-state index in [0.29, 0.717) is 6.61 Å². The molecule has 0 spiro atoms. The van der Waals surface area contributed by atoms with Gasteiger partial charge in [-0.15, -0.1) is 0 Å². The third-order valence-corrected chi connectivity index (χ3v) is 2.77. The minimum atomic E-state index is 0.709. The second-order valence-corrected chi connectivity index (χ2v) is 4.00. The van der Waals surface area contributed by atoms with Gasteiger partial charge in [0.2, 0.25) is 0 Å². The van der Waals surface area contributed by atoms with Crippen molar-refractivity contribution in [1.82, 2.24) is 0 Å². The number of nitrogens with zero attached hydrogens (tertiary/aromatic N) is 1. The van der Waals surface area contributed by atoms with Gasteiger partial charge in [0.1, 0.15) is 5.75 Å². The minimum absolute atomic E-state index is 0.709. The first-order valence-corrected chi connectivity index (χ1v) is 5.87. The van der Waals surface area contributed by atoms with Gasteiger partial charge in [-0.3, -0.25) is 0 Å². The van der Waals surface area contributed by atoms with Crippen molar-refractivity contribution in [2.75, 3.05) is 37.8 Å². The Labute approximate surface area is 97.0 Å². The molecule has 0 atom stereocenters. The maximum atomic E-state index is 5.69. The standard InChI is InChI=1S/C13H19NO2/c1-3-16-13-10-11(2)4-5-12(13)14-6-8-15-9-7-14/h4-5,10H,3,6-9H2,1-2H3. The zero-order chi connectivity index (χ0) is 11.4. The first kappa shape index (κ1) is 11.3. The number of hydrogen-bond acceptors (Lipinski definition) is 3. The summed E-state index contributed by atoms with van der Waals surface area (Å²) < 4.78 is 11.1. The van der Waals surface area contributed by atoms with Crippen LogP contribution in [0.25, 0.3) is 0 Å². The molecule has 1 aromatic carbocycles. The van der Waals surface area contributed by atoms with Crippen LogP contribution in [0.15, 0.2) is 18.2 Å². The normalized spacial score (nSPS) is 16.2. The fraction of sp³-hybridized carbons (Fsp3) is 0.538. The van der Waals surface area contributed by atoms with E-state index < -0.39 is 0 Å². The van der Waals surface area contributed by atoms with Crippen LogP contribution in [0.2, 0.25) is 0 Å². The number of rotatable bonds is 3. The molecular formula is C13H19NO2. The third kappa shape index (κ3) is 2.47. The van der Waals surface area contributed by atoms with E-state index in [1.807, 2.05) is 6.92 Å². The highest BCUT2D eigenvalue weighted by Crippen LogP contribution is 2.29. The molecule has 0 bridgehead atoms. The SMILES string of the molecule is CCOc1cc(C)ccc1N1CCOCC1. The van der Waals surface area contributed by atoms with Crippen molar-refractivity contribution in [1.29, 1.82) is 0 Å². The lowest BCUT2D eigenvalue weighted by Gasteiger charge is -2.30. The molecule has 0 radical (unpaired) electrons. The summed E-state index contributed by atoms with van der Waals surface area (Å²) in [4.78, 5) is 2.33. The summed E-state index contributed by atoms with van der Waals surface area (Å²) in [6.45, 7) is 8.32. The average Bonchev–Trinajstić information content (AvgIpc) is 2.31. The molecule has 0 aliphatic carbocycles. The van der Waals surface area contributed by atoms with Crippen molar-refractivity contribution < 1.29 is 9.47 Å². The van der Waals surface area contributed by atoms with Crippen LogP contribution >= 0.6 is 0 Å². The summed E-state index contributed by atoms with van der Waals surface area (Å²) in [7, 11) is 0. The quantitative estimate of drug-likeness (QED) is 0.781. The predicted molar refractivity (Wildman–Crippen MR) is 65.4 cm³/mol. The molecule has 0 N–H and O–H groups in total. The van der Waals surface area contributed by atoms with Gasteiger partial charge < -0.3 is 14.4 Å². The third-order valence-electron chi connectivity index (χ3n) is 2.77. The van der Waals surface area contributed by atoms with Crippen LogP contribution in [0.3, 0.4) is 0 Å². The Morgan fingerprint density at radius 2 is 2.06 bits per heavy atom. The number of aryl methyl sites for hydroxylation is 1. The van der Waals surface area contributed by atoms with E-state index in [9.17, 15) is 0 Å². The fourth-order valence-corrected chi connectivity index (χ4v) is 1.96. The van der Waals surface area contributed by atoms with Crippen molar-refractivity contribution in [2.45, 2.75) is 13.8 Å². The van der Waals surface area contributed by atoms with Gasteiger partial charge in [-0.2, -0.15) is 0 Å². The highest BCUT2D eigenvalue weighted by molar-refractivity contribution is 5.60. The lowest BCUT2D eigenvalue weighted by Crippen LogP contribution is -2.36. The Kier molecular flexibility index (Phi) is 3.67. The van der Waals surface area contributed by atoms with Crippen molar-refractivity contribution in [3.8, 4) is 5.75 Å². The summed E-state index contributed by atoms with van der Waals surface area (Å²) in [5.74, 6) is 0.990. The molecule has 88 valence electrons. The second kappa shape index (κ2) is 5.21. The smallest absolute Gasteiger partial charge is 0.142 e. The highest BCUT2D eigenvalue weighted by Gasteiger charge is 2.15. The molecule has 1 aliphatic rings. The summed E-state index contributed by atoms with van der Waals surface area (Å²) in [5, 5.41) is 0. The highest BCUT2D eigenvalue weighted by atomic mass is 16.5. The lowest BCUT2D eigenvalue weighted by atomic mass is 10.2. The van der Waals surface area contributed by atoms with E-state index in [1.54, 1.807) is 0 Å². The summed E-state index contributed by atoms with van der Waals surface area (Å²) >= 11 is 0. The van der Waals surface area contributed by atoms with E-state index in [0.717, 1.165) is 32.1 Å². The maximum Gasteiger partial charge on any atom is 0.142 e. The topological polar surface area (TPSA) is 21.7 Å². The van der Waals surface area contributed by atoms with Gasteiger partial charge in [0.05, 0.1) is 25.5 Å². The monoisotopic (exact) mass is 221 g/mol. The molecule has 2 rings (SSSR count). The van der Waals surface area contributed by atoms with E-state index >= 15 is 0 Å². The Hall–Kier alpha value is -1.22. The molecule has 1 heterocycles. The molecule has 0 saturated carbocycles. The molecule has 1 saturated heterocycles. The number of ether oxygens (including phenoxy) is 2. The van der Waals surface area contributed by atoms with Crippen LogP contribution in [-0.4, -0.2) is 32.9 Å². The van der Waals surface area contributed by atoms with Gasteiger partial charge in [0.15, 0.2) is 0 Å². The number of morpholine rings is 1. The van der Waals surface area contributed by atoms with Gasteiger partial charge in [0.25, 0.3) is 0 Å². The van der Waals surface area contributed by atoms with Crippen LogP contribution in [-0.2, 0) is 4.74 Å². The van der Waals surface area contributed by atoms with Crippen molar-refractivity contribution in [3.05, 3.63) is 23.8 Å². The van der Waals surface area contributed by atoms with Gasteiger partial charge in [0, 0.05) is 13.1 Å². The van der Waals surface area contributed by atoms with Crippen LogP contribution in [0.5, 0.6) is 5.75 Å². The Morgan fingerprint density at radius 3 is 2.75 bits per heavy atom. The first-order chi connectivity index (χ1) is 7.81. The van der Waals surface area contributed by atoms with Crippen molar-refractivity contribution >= 4 is 5.69 Å². The fourth-order valence-electron chi connectivity index (χ4n) is 1.96. The molecule has 16 heavy (non-hydrogen) atoms. The lowest BCUT2D eigenvalue weighted by molar-refractivity contribution is 0.122. The van der Waals surface area contributed by atoms with E-state index in [4.69, 9.17) is 9.47 Å². The Bertz CT molecular complexity index is 346.